The molecule has 1 aromatic rings. The van der Waals surface area contributed by atoms with Crippen molar-refractivity contribution in [3.8, 4) is 0 Å². The Labute approximate surface area is 159 Å². The van der Waals surface area contributed by atoms with Gasteiger partial charge in [-0.2, -0.15) is 4.31 Å². The lowest BCUT2D eigenvalue weighted by Crippen LogP contribution is -2.49. The van der Waals surface area contributed by atoms with Crippen LogP contribution in [-0.2, 0) is 24.3 Å². The summed E-state index contributed by atoms with van der Waals surface area (Å²) in [5, 5.41) is 2.61. The van der Waals surface area contributed by atoms with E-state index in [0.29, 0.717) is 51.4 Å². The number of ether oxygens (including phenoxy) is 1. The summed E-state index contributed by atoms with van der Waals surface area (Å²) in [5.74, 6) is -0.518. The Morgan fingerprint density at radius 2 is 1.78 bits per heavy atom. The summed E-state index contributed by atoms with van der Waals surface area (Å²) >= 11 is 0. The molecule has 27 heavy (non-hydrogen) atoms. The molecule has 2 amide bonds. The average molecular weight is 395 g/mol. The van der Waals surface area contributed by atoms with E-state index >= 15 is 0 Å². The van der Waals surface area contributed by atoms with E-state index in [2.05, 4.69) is 5.32 Å². The number of sulfonamides is 1. The van der Waals surface area contributed by atoms with Crippen LogP contribution in [0.25, 0.3) is 0 Å². The van der Waals surface area contributed by atoms with Gasteiger partial charge in [0.05, 0.1) is 24.0 Å². The third-order valence-electron chi connectivity index (χ3n) is 4.87. The molecule has 9 heteroatoms. The molecule has 1 unspecified atom stereocenters. The summed E-state index contributed by atoms with van der Waals surface area (Å²) in [4.78, 5) is 25.7. The van der Waals surface area contributed by atoms with E-state index < -0.39 is 10.0 Å². The number of nitrogens with zero attached hydrogens (tertiary/aromatic N) is 2. The number of hydrogen-bond acceptors (Lipinski definition) is 5. The van der Waals surface area contributed by atoms with Gasteiger partial charge in [-0.3, -0.25) is 9.59 Å². The van der Waals surface area contributed by atoms with Gasteiger partial charge in [0.2, 0.25) is 21.8 Å². The lowest BCUT2D eigenvalue weighted by molar-refractivity contribution is -0.140. The first-order valence-electron chi connectivity index (χ1n) is 9.12. The van der Waals surface area contributed by atoms with Crippen LogP contribution in [0.5, 0.6) is 0 Å². The topological polar surface area (TPSA) is 96.0 Å². The minimum atomic E-state index is -3.68. The molecule has 2 heterocycles. The summed E-state index contributed by atoms with van der Waals surface area (Å²) in [6.45, 7) is 4.18. The third kappa shape index (κ3) is 4.66. The van der Waals surface area contributed by atoms with Gasteiger partial charge >= 0.3 is 0 Å². The fraction of sp³-hybridized carbons (Fsp3) is 0.556. The highest BCUT2D eigenvalue weighted by atomic mass is 32.2. The van der Waals surface area contributed by atoms with Crippen LogP contribution in [-0.4, -0.2) is 68.8 Å². The summed E-state index contributed by atoms with van der Waals surface area (Å²) in [6.07, 6.45) is 1.35. The second kappa shape index (κ2) is 8.37. The molecule has 1 atom stereocenters. The number of benzene rings is 1. The molecule has 0 radical (unpaired) electrons. The first-order chi connectivity index (χ1) is 12.9. The lowest BCUT2D eigenvalue weighted by Gasteiger charge is -2.35. The maximum absolute atomic E-state index is 13.0. The number of carbonyl (C=O) groups excluding carboxylic acids is 2. The van der Waals surface area contributed by atoms with Gasteiger partial charge in [0, 0.05) is 38.8 Å². The van der Waals surface area contributed by atoms with Gasteiger partial charge in [0.25, 0.3) is 0 Å². The maximum atomic E-state index is 13.0. The van der Waals surface area contributed by atoms with Crippen molar-refractivity contribution in [2.24, 2.45) is 5.92 Å². The highest BCUT2D eigenvalue weighted by Gasteiger charge is 2.35. The van der Waals surface area contributed by atoms with Gasteiger partial charge in [0.15, 0.2) is 0 Å². The van der Waals surface area contributed by atoms with Crippen LogP contribution in [0.3, 0.4) is 0 Å². The van der Waals surface area contributed by atoms with Gasteiger partial charge < -0.3 is 15.0 Å². The van der Waals surface area contributed by atoms with Crippen molar-refractivity contribution in [2.75, 3.05) is 44.7 Å². The van der Waals surface area contributed by atoms with Crippen LogP contribution in [0.15, 0.2) is 29.2 Å². The van der Waals surface area contributed by atoms with Crippen LogP contribution in [0.2, 0.25) is 0 Å². The van der Waals surface area contributed by atoms with Crippen molar-refractivity contribution in [3.05, 3.63) is 24.3 Å². The fourth-order valence-corrected chi connectivity index (χ4v) is 4.99. The van der Waals surface area contributed by atoms with E-state index in [0.717, 1.165) is 0 Å². The van der Waals surface area contributed by atoms with Crippen LogP contribution >= 0.6 is 0 Å². The van der Waals surface area contributed by atoms with Crippen molar-refractivity contribution in [1.82, 2.24) is 9.21 Å². The highest BCUT2D eigenvalue weighted by molar-refractivity contribution is 7.89. The quantitative estimate of drug-likeness (QED) is 0.817. The molecule has 148 valence electrons. The summed E-state index contributed by atoms with van der Waals surface area (Å²) in [7, 11) is -3.68. The zero-order valence-electron chi connectivity index (χ0n) is 15.4. The van der Waals surface area contributed by atoms with E-state index in [-0.39, 0.29) is 29.2 Å². The second-order valence-electron chi connectivity index (χ2n) is 6.85. The van der Waals surface area contributed by atoms with Crippen molar-refractivity contribution in [3.63, 3.8) is 0 Å². The minimum absolute atomic E-state index is 0.0132. The molecule has 0 spiro atoms. The summed E-state index contributed by atoms with van der Waals surface area (Å²) in [6, 6.07) is 6.09. The smallest absolute Gasteiger partial charge is 0.243 e. The van der Waals surface area contributed by atoms with E-state index in [1.165, 1.54) is 23.4 Å². The van der Waals surface area contributed by atoms with Crippen LogP contribution < -0.4 is 5.32 Å². The van der Waals surface area contributed by atoms with Gasteiger partial charge in [-0.1, -0.05) is 0 Å². The molecule has 1 aromatic carbocycles. The predicted molar refractivity (Wildman–Crippen MR) is 99.6 cm³/mol. The number of anilines is 1. The Balaban J connectivity index is 1.70. The van der Waals surface area contributed by atoms with Crippen molar-refractivity contribution < 1.29 is 22.7 Å². The first-order valence-corrected chi connectivity index (χ1v) is 10.6. The molecule has 2 saturated heterocycles. The Bertz CT molecular complexity index is 788. The molecule has 0 saturated carbocycles. The Morgan fingerprint density at radius 3 is 2.41 bits per heavy atom. The highest BCUT2D eigenvalue weighted by Crippen LogP contribution is 2.26. The lowest BCUT2D eigenvalue weighted by atomic mass is 9.98. The molecular weight excluding hydrogens is 370 g/mol. The number of amides is 2. The molecule has 3 rings (SSSR count). The molecule has 0 aromatic heterocycles. The average Bonchev–Trinajstić information content (AvgIpc) is 2.68. The first kappa shape index (κ1) is 19.8. The number of rotatable bonds is 4. The molecule has 2 aliphatic rings. The minimum Gasteiger partial charge on any atom is -0.378 e. The molecule has 0 bridgehead atoms. The monoisotopic (exact) mass is 395 g/mol. The molecule has 2 aliphatic heterocycles. The fourth-order valence-electron chi connectivity index (χ4n) is 3.47. The summed E-state index contributed by atoms with van der Waals surface area (Å²) < 4.78 is 32.6. The van der Waals surface area contributed by atoms with Gasteiger partial charge in [-0.25, -0.2) is 8.42 Å². The Hall–Kier alpha value is -1.97. The molecule has 8 nitrogen and oxygen atoms in total. The standard InChI is InChI=1S/C18H25N3O5S/c1-14(22)19-16-4-6-17(7-5-16)27(24,25)21-8-2-3-15(13-21)18(23)20-9-11-26-12-10-20/h4-7,15H,2-3,8-13H2,1H3,(H,19,22). The molecule has 1 N–H and O–H groups in total. The van der Waals surface area contributed by atoms with Gasteiger partial charge in [-0.15, -0.1) is 0 Å². The number of nitrogens with one attached hydrogen (secondary N) is 1. The zero-order valence-corrected chi connectivity index (χ0v) is 16.2. The van der Waals surface area contributed by atoms with Crippen molar-refractivity contribution >= 4 is 27.5 Å². The van der Waals surface area contributed by atoms with Crippen LogP contribution in [0.1, 0.15) is 19.8 Å². The Morgan fingerprint density at radius 1 is 1.11 bits per heavy atom. The van der Waals surface area contributed by atoms with Gasteiger partial charge in [-0.05, 0) is 37.1 Å². The normalized spacial score (nSPS) is 21.7. The van der Waals surface area contributed by atoms with E-state index in [9.17, 15) is 18.0 Å². The zero-order chi connectivity index (χ0) is 19.4. The molecule has 2 fully saturated rings. The van der Waals surface area contributed by atoms with E-state index in [1.807, 2.05) is 0 Å². The van der Waals surface area contributed by atoms with E-state index in [4.69, 9.17) is 4.74 Å². The van der Waals surface area contributed by atoms with Crippen molar-refractivity contribution in [1.29, 1.82) is 0 Å². The molecular formula is C18H25N3O5S. The third-order valence-corrected chi connectivity index (χ3v) is 6.75. The number of morpholine rings is 1. The maximum Gasteiger partial charge on any atom is 0.243 e. The Kier molecular flexibility index (Phi) is 6.13. The number of piperidine rings is 1. The SMILES string of the molecule is CC(=O)Nc1ccc(S(=O)(=O)N2CCCC(C(=O)N3CCOCC3)C2)cc1. The number of carbonyl (C=O) groups is 2. The van der Waals surface area contributed by atoms with Crippen molar-refractivity contribution in [2.45, 2.75) is 24.7 Å². The predicted octanol–water partition coefficient (Wildman–Crippen LogP) is 0.905. The number of hydrogen-bond donors (Lipinski definition) is 1. The second-order valence-corrected chi connectivity index (χ2v) is 8.78. The largest absolute Gasteiger partial charge is 0.378 e. The van der Waals surface area contributed by atoms with Crippen LogP contribution in [0.4, 0.5) is 5.69 Å². The van der Waals surface area contributed by atoms with Gasteiger partial charge in [0.1, 0.15) is 0 Å². The van der Waals surface area contributed by atoms with E-state index in [1.54, 1.807) is 17.0 Å². The van der Waals surface area contributed by atoms with Crippen LogP contribution in [0, 0.1) is 5.92 Å². The molecule has 0 aliphatic carbocycles. The summed E-state index contributed by atoms with van der Waals surface area (Å²) in [5.41, 5.74) is 0.542.